The van der Waals surface area contributed by atoms with Gasteiger partial charge in [0, 0.05) is 21.0 Å². The smallest absolute Gasteiger partial charge is 0.303 e. The van der Waals surface area contributed by atoms with E-state index in [9.17, 15) is 9.59 Å². The van der Waals surface area contributed by atoms with Crippen LogP contribution in [0.5, 0.6) is 0 Å². The molecule has 0 amide bonds. The highest BCUT2D eigenvalue weighted by Gasteiger charge is 2.50. The van der Waals surface area contributed by atoms with Crippen molar-refractivity contribution in [3.63, 3.8) is 0 Å². The van der Waals surface area contributed by atoms with Crippen molar-refractivity contribution in [3.8, 4) is 0 Å². The van der Waals surface area contributed by atoms with Crippen LogP contribution in [-0.4, -0.2) is 56.4 Å². The van der Waals surface area contributed by atoms with Crippen molar-refractivity contribution in [2.45, 2.75) is 57.8 Å². The van der Waals surface area contributed by atoms with E-state index in [0.29, 0.717) is 0 Å². The second kappa shape index (κ2) is 12.5. The number of carbonyl (C=O) groups is 2. The van der Waals surface area contributed by atoms with Gasteiger partial charge in [-0.3, -0.25) is 9.59 Å². The summed E-state index contributed by atoms with van der Waals surface area (Å²) in [6.07, 6.45) is -3.95. The number of benzene rings is 2. The first-order valence-corrected chi connectivity index (χ1v) is 10.8. The van der Waals surface area contributed by atoms with Crippen molar-refractivity contribution >= 4 is 11.9 Å². The molecule has 1 saturated heterocycles. The molecule has 0 N–H and O–H groups in total. The highest BCUT2D eigenvalue weighted by molar-refractivity contribution is 5.66. The summed E-state index contributed by atoms with van der Waals surface area (Å²) in [6, 6.07) is 19.2. The first-order chi connectivity index (χ1) is 16.0. The Balaban J connectivity index is 1.87. The Morgan fingerprint density at radius 3 is 1.82 bits per heavy atom. The summed E-state index contributed by atoms with van der Waals surface area (Å²) < 4.78 is 34.7. The maximum atomic E-state index is 11.9. The lowest BCUT2D eigenvalue weighted by atomic mass is 9.98. The van der Waals surface area contributed by atoms with Gasteiger partial charge in [-0.25, -0.2) is 0 Å². The third-order valence-corrected chi connectivity index (χ3v) is 5.15. The molecule has 0 bridgehead atoms. The molecular formula is C25H30O8. The lowest BCUT2D eigenvalue weighted by Crippen LogP contribution is -2.62. The van der Waals surface area contributed by atoms with Crippen LogP contribution in [0.2, 0.25) is 0 Å². The molecule has 5 atom stereocenters. The van der Waals surface area contributed by atoms with Crippen LogP contribution < -0.4 is 0 Å². The molecule has 2 aromatic rings. The SMILES string of the molecule is CO[C@H]1O[C@H](COC(C)=O)[C@@H](OCc2ccccc2)[C@H](OCc2ccccc2)[C@@H]1OC(C)=O. The van der Waals surface area contributed by atoms with Gasteiger partial charge in [0.05, 0.1) is 13.2 Å². The van der Waals surface area contributed by atoms with E-state index in [2.05, 4.69) is 0 Å². The number of methoxy groups -OCH3 is 1. The number of ether oxygens (including phenoxy) is 6. The van der Waals surface area contributed by atoms with Gasteiger partial charge in [-0.1, -0.05) is 60.7 Å². The minimum Gasteiger partial charge on any atom is -0.463 e. The summed E-state index contributed by atoms with van der Waals surface area (Å²) in [6.45, 7) is 3.09. The highest BCUT2D eigenvalue weighted by Crippen LogP contribution is 2.30. The second-order valence-corrected chi connectivity index (χ2v) is 7.68. The number of hydrogen-bond acceptors (Lipinski definition) is 8. The van der Waals surface area contributed by atoms with Crippen LogP contribution in [0.25, 0.3) is 0 Å². The van der Waals surface area contributed by atoms with Gasteiger partial charge in [-0.15, -0.1) is 0 Å². The maximum absolute atomic E-state index is 11.9. The zero-order chi connectivity index (χ0) is 23.6. The molecule has 0 aliphatic carbocycles. The van der Waals surface area contributed by atoms with Crippen molar-refractivity contribution in [3.05, 3.63) is 71.8 Å². The molecule has 2 aromatic carbocycles. The number of esters is 2. The third kappa shape index (κ3) is 7.36. The largest absolute Gasteiger partial charge is 0.463 e. The molecule has 1 fully saturated rings. The predicted molar refractivity (Wildman–Crippen MR) is 118 cm³/mol. The fraction of sp³-hybridized carbons (Fsp3) is 0.440. The van der Waals surface area contributed by atoms with E-state index in [1.54, 1.807) is 0 Å². The van der Waals surface area contributed by atoms with Crippen molar-refractivity contribution in [1.29, 1.82) is 0 Å². The van der Waals surface area contributed by atoms with Crippen LogP contribution in [0, 0.1) is 0 Å². The third-order valence-electron chi connectivity index (χ3n) is 5.15. The summed E-state index contributed by atoms with van der Waals surface area (Å²) >= 11 is 0. The first-order valence-electron chi connectivity index (χ1n) is 10.8. The Morgan fingerprint density at radius 1 is 0.788 bits per heavy atom. The van der Waals surface area contributed by atoms with Crippen LogP contribution in [0.1, 0.15) is 25.0 Å². The quantitative estimate of drug-likeness (QED) is 0.502. The van der Waals surface area contributed by atoms with Gasteiger partial charge in [-0.05, 0) is 11.1 Å². The summed E-state index contributed by atoms with van der Waals surface area (Å²) in [5.41, 5.74) is 1.89. The first kappa shape index (κ1) is 24.9. The monoisotopic (exact) mass is 458 g/mol. The van der Waals surface area contributed by atoms with Crippen LogP contribution in [0.4, 0.5) is 0 Å². The van der Waals surface area contributed by atoms with Gasteiger partial charge in [0.25, 0.3) is 0 Å². The lowest BCUT2D eigenvalue weighted by molar-refractivity contribution is -0.314. The fourth-order valence-corrected chi connectivity index (χ4v) is 3.64. The highest BCUT2D eigenvalue weighted by atomic mass is 16.7. The summed E-state index contributed by atoms with van der Waals surface area (Å²) in [7, 11) is 1.45. The fourth-order valence-electron chi connectivity index (χ4n) is 3.64. The predicted octanol–water partition coefficient (Wildman–Crippen LogP) is 3.02. The van der Waals surface area contributed by atoms with E-state index in [0.717, 1.165) is 11.1 Å². The van der Waals surface area contributed by atoms with Gasteiger partial charge in [0.1, 0.15) is 24.9 Å². The Hall–Kier alpha value is -2.78. The molecule has 0 saturated carbocycles. The van der Waals surface area contributed by atoms with E-state index < -0.39 is 42.6 Å². The molecular weight excluding hydrogens is 428 g/mol. The maximum Gasteiger partial charge on any atom is 0.303 e. The molecule has 1 aliphatic rings. The molecule has 8 heteroatoms. The van der Waals surface area contributed by atoms with Gasteiger partial charge in [0.2, 0.25) is 0 Å². The zero-order valence-corrected chi connectivity index (χ0v) is 19.0. The topological polar surface area (TPSA) is 89.5 Å². The molecule has 178 valence electrons. The van der Waals surface area contributed by atoms with Gasteiger partial charge < -0.3 is 28.4 Å². The van der Waals surface area contributed by atoms with Crippen molar-refractivity contribution in [2.75, 3.05) is 13.7 Å². The molecule has 0 unspecified atom stereocenters. The van der Waals surface area contributed by atoms with Gasteiger partial charge in [0.15, 0.2) is 12.4 Å². The summed E-state index contributed by atoms with van der Waals surface area (Å²) in [5.74, 6) is -0.947. The van der Waals surface area contributed by atoms with Gasteiger partial charge in [-0.2, -0.15) is 0 Å². The van der Waals surface area contributed by atoms with E-state index in [1.807, 2.05) is 60.7 Å². The average molecular weight is 459 g/mol. The number of rotatable bonds is 10. The summed E-state index contributed by atoms with van der Waals surface area (Å²) in [5, 5.41) is 0. The molecule has 1 aliphatic heterocycles. The van der Waals surface area contributed by atoms with E-state index in [4.69, 9.17) is 28.4 Å². The zero-order valence-electron chi connectivity index (χ0n) is 19.0. The van der Waals surface area contributed by atoms with Crippen LogP contribution in [-0.2, 0) is 51.2 Å². The molecule has 3 rings (SSSR count). The van der Waals surface area contributed by atoms with Crippen LogP contribution in [0.15, 0.2) is 60.7 Å². The summed E-state index contributed by atoms with van der Waals surface area (Å²) in [4.78, 5) is 23.4. The Morgan fingerprint density at radius 2 is 1.33 bits per heavy atom. The van der Waals surface area contributed by atoms with Crippen LogP contribution in [0.3, 0.4) is 0 Å². The minimum absolute atomic E-state index is 0.0629. The number of hydrogen-bond donors (Lipinski definition) is 0. The van der Waals surface area contributed by atoms with Gasteiger partial charge >= 0.3 is 11.9 Å². The van der Waals surface area contributed by atoms with Crippen molar-refractivity contribution in [2.24, 2.45) is 0 Å². The van der Waals surface area contributed by atoms with Crippen LogP contribution >= 0.6 is 0 Å². The Labute approximate surface area is 193 Å². The van der Waals surface area contributed by atoms with Crippen molar-refractivity contribution in [1.82, 2.24) is 0 Å². The standard InChI is InChI=1S/C25H30O8/c1-17(26)29-16-21-22(30-14-19-10-6-4-7-11-19)23(31-15-20-12-8-5-9-13-20)24(32-18(2)27)25(28-3)33-21/h4-13,21-25H,14-16H2,1-3H3/t21-,22-,23+,24+,25+/m1/s1. The van der Waals surface area contributed by atoms with E-state index in [1.165, 1.54) is 21.0 Å². The Bertz CT molecular complexity index is 872. The molecule has 1 heterocycles. The van der Waals surface area contributed by atoms with E-state index in [-0.39, 0.29) is 19.8 Å². The molecule has 0 radical (unpaired) electrons. The number of carbonyl (C=O) groups excluding carboxylic acids is 2. The lowest BCUT2D eigenvalue weighted by Gasteiger charge is -2.44. The Kier molecular flexibility index (Phi) is 9.38. The average Bonchev–Trinajstić information content (AvgIpc) is 2.82. The minimum atomic E-state index is -0.924. The molecule has 8 nitrogen and oxygen atoms in total. The van der Waals surface area contributed by atoms with E-state index >= 15 is 0 Å². The molecule has 0 spiro atoms. The molecule has 0 aromatic heterocycles. The molecule has 33 heavy (non-hydrogen) atoms. The second-order valence-electron chi connectivity index (χ2n) is 7.68. The van der Waals surface area contributed by atoms with Crippen molar-refractivity contribution < 1.29 is 38.0 Å². The normalized spacial score (nSPS) is 24.8.